The van der Waals surface area contributed by atoms with Crippen LogP contribution in [0.2, 0.25) is 0 Å². The molecule has 2 aliphatic heterocycles. The van der Waals surface area contributed by atoms with Crippen molar-refractivity contribution in [3.05, 3.63) is 29.8 Å². The number of likely N-dealkylation sites (tertiary alicyclic amines) is 1. The molecule has 0 bridgehead atoms. The van der Waals surface area contributed by atoms with E-state index < -0.39 is 29.5 Å². The molecule has 1 amide bonds. The number of benzene rings is 1. The molecule has 2 aliphatic rings. The minimum absolute atomic E-state index is 0.255. The van der Waals surface area contributed by atoms with Crippen molar-refractivity contribution in [2.75, 3.05) is 51.3 Å². The molecule has 1 atom stereocenters. The number of ether oxygens (including phenoxy) is 2. The molecule has 2 heterocycles. The molecule has 9 heteroatoms. The number of alkyl halides is 3. The molecular weight excluding hydrogens is 435 g/mol. The lowest BCUT2D eigenvalue weighted by Gasteiger charge is -2.49. The Morgan fingerprint density at radius 1 is 1.09 bits per heavy atom. The Hall–Kier alpha value is -2.00. The average Bonchev–Trinajstić information content (AvgIpc) is 2.73. The molecule has 186 valence electrons. The Kier molecular flexibility index (Phi) is 7.53. The van der Waals surface area contributed by atoms with Gasteiger partial charge >= 0.3 is 12.3 Å². The molecule has 2 fully saturated rings. The SMILES string of the molecule is CN(C(c1ccccc1N1CCOCC1)C(F)(F)F)C1(C)CCN(C(=O)OC(C)(C)C)CC1. The summed E-state index contributed by atoms with van der Waals surface area (Å²) >= 11 is 0. The Bertz CT molecular complexity index is 811. The fourth-order valence-electron chi connectivity index (χ4n) is 4.58. The van der Waals surface area contributed by atoms with Gasteiger partial charge < -0.3 is 19.3 Å². The highest BCUT2D eigenvalue weighted by Gasteiger charge is 2.50. The van der Waals surface area contributed by atoms with Crippen molar-refractivity contribution in [1.82, 2.24) is 9.80 Å². The Morgan fingerprint density at radius 3 is 2.21 bits per heavy atom. The third-order valence-electron chi connectivity index (χ3n) is 6.62. The maximum Gasteiger partial charge on any atom is 0.410 e. The summed E-state index contributed by atoms with van der Waals surface area (Å²) in [5.74, 6) is 0. The van der Waals surface area contributed by atoms with Gasteiger partial charge in [-0.25, -0.2) is 4.79 Å². The van der Waals surface area contributed by atoms with Crippen molar-refractivity contribution in [2.45, 2.75) is 63.9 Å². The smallest absolute Gasteiger partial charge is 0.410 e. The van der Waals surface area contributed by atoms with Crippen molar-refractivity contribution >= 4 is 11.8 Å². The monoisotopic (exact) mass is 471 g/mol. The topological polar surface area (TPSA) is 45.2 Å². The predicted molar refractivity (Wildman–Crippen MR) is 121 cm³/mol. The number of para-hydroxylation sites is 1. The van der Waals surface area contributed by atoms with Gasteiger partial charge in [0.25, 0.3) is 0 Å². The number of piperidine rings is 1. The van der Waals surface area contributed by atoms with Crippen LogP contribution in [0.15, 0.2) is 24.3 Å². The molecule has 0 radical (unpaired) electrons. The number of nitrogens with zero attached hydrogens (tertiary/aromatic N) is 3. The van der Waals surface area contributed by atoms with E-state index in [-0.39, 0.29) is 5.56 Å². The number of rotatable bonds is 4. The lowest BCUT2D eigenvalue weighted by molar-refractivity contribution is -0.199. The lowest BCUT2D eigenvalue weighted by Crippen LogP contribution is -2.56. The van der Waals surface area contributed by atoms with E-state index in [0.29, 0.717) is 57.9 Å². The summed E-state index contributed by atoms with van der Waals surface area (Å²) in [6, 6.07) is 5.04. The number of halogens is 3. The maximum atomic E-state index is 14.5. The van der Waals surface area contributed by atoms with Crippen LogP contribution in [0.5, 0.6) is 0 Å². The first kappa shape index (κ1) is 25.6. The molecule has 2 saturated heterocycles. The summed E-state index contributed by atoms with van der Waals surface area (Å²) in [5.41, 5.74) is -0.481. The third kappa shape index (κ3) is 6.12. The second-order valence-corrected chi connectivity index (χ2v) is 10.2. The summed E-state index contributed by atoms with van der Waals surface area (Å²) < 4.78 is 54.5. The minimum atomic E-state index is -4.46. The van der Waals surface area contributed by atoms with Crippen LogP contribution >= 0.6 is 0 Å². The number of anilines is 1. The van der Waals surface area contributed by atoms with Crippen molar-refractivity contribution < 1.29 is 27.4 Å². The normalized spacial score (nSPS) is 20.6. The molecular formula is C24H36F3N3O3. The molecule has 1 aromatic carbocycles. The van der Waals surface area contributed by atoms with Gasteiger partial charge in [-0.2, -0.15) is 13.2 Å². The first-order valence-electron chi connectivity index (χ1n) is 11.5. The van der Waals surface area contributed by atoms with Crippen molar-refractivity contribution in [3.8, 4) is 0 Å². The second-order valence-electron chi connectivity index (χ2n) is 10.2. The van der Waals surface area contributed by atoms with E-state index >= 15 is 0 Å². The Balaban J connectivity index is 1.83. The number of hydrogen-bond acceptors (Lipinski definition) is 5. The van der Waals surface area contributed by atoms with Gasteiger partial charge in [-0.05, 0) is 53.7 Å². The largest absolute Gasteiger partial charge is 0.444 e. The Morgan fingerprint density at radius 2 is 1.67 bits per heavy atom. The van der Waals surface area contributed by atoms with Gasteiger partial charge in [-0.3, -0.25) is 4.90 Å². The lowest BCUT2D eigenvalue weighted by atomic mass is 9.85. The zero-order valence-corrected chi connectivity index (χ0v) is 20.2. The third-order valence-corrected chi connectivity index (χ3v) is 6.62. The van der Waals surface area contributed by atoms with Crippen LogP contribution < -0.4 is 4.90 Å². The van der Waals surface area contributed by atoms with E-state index in [1.807, 2.05) is 11.8 Å². The van der Waals surface area contributed by atoms with Crippen molar-refractivity contribution in [1.29, 1.82) is 0 Å². The van der Waals surface area contributed by atoms with Crippen LogP contribution in [0.1, 0.15) is 52.1 Å². The molecule has 3 rings (SSSR count). The zero-order valence-electron chi connectivity index (χ0n) is 20.2. The number of hydrogen-bond donors (Lipinski definition) is 0. The van der Waals surface area contributed by atoms with Crippen LogP contribution in [-0.4, -0.2) is 79.6 Å². The number of morpholine rings is 1. The maximum absolute atomic E-state index is 14.5. The molecule has 33 heavy (non-hydrogen) atoms. The molecule has 0 N–H and O–H groups in total. The van der Waals surface area contributed by atoms with Gasteiger partial charge in [0.05, 0.1) is 13.2 Å². The van der Waals surface area contributed by atoms with E-state index in [4.69, 9.17) is 9.47 Å². The average molecular weight is 472 g/mol. The van der Waals surface area contributed by atoms with Gasteiger partial charge in [0.2, 0.25) is 0 Å². The molecule has 0 spiro atoms. The predicted octanol–water partition coefficient (Wildman–Crippen LogP) is 4.85. The van der Waals surface area contributed by atoms with Crippen LogP contribution in [0.4, 0.5) is 23.7 Å². The van der Waals surface area contributed by atoms with Crippen LogP contribution in [-0.2, 0) is 9.47 Å². The standard InChI is InChI=1S/C24H36F3N3O3/c1-22(2,3)33-21(31)30-12-10-23(4,11-13-30)28(5)20(24(25,26)27)18-8-6-7-9-19(18)29-14-16-32-17-15-29/h6-9,20H,10-17H2,1-5H3. The molecule has 1 unspecified atom stereocenters. The summed E-state index contributed by atoms with van der Waals surface area (Å²) in [6.45, 7) is 10.1. The molecule has 6 nitrogen and oxygen atoms in total. The highest BCUT2D eigenvalue weighted by atomic mass is 19.4. The summed E-state index contributed by atoms with van der Waals surface area (Å²) in [6.07, 6.45) is -4.02. The van der Waals surface area contributed by atoms with E-state index in [1.54, 1.807) is 57.0 Å². The Labute approximate surface area is 194 Å². The first-order chi connectivity index (χ1) is 15.3. The quantitative estimate of drug-likeness (QED) is 0.628. The summed E-state index contributed by atoms with van der Waals surface area (Å²) in [4.78, 5) is 17.4. The molecule has 1 aromatic rings. The van der Waals surface area contributed by atoms with E-state index in [1.165, 1.54) is 4.90 Å². The first-order valence-corrected chi connectivity index (χ1v) is 11.5. The van der Waals surface area contributed by atoms with E-state index in [9.17, 15) is 18.0 Å². The minimum Gasteiger partial charge on any atom is -0.444 e. The summed E-state index contributed by atoms with van der Waals surface area (Å²) in [7, 11) is 1.55. The van der Waals surface area contributed by atoms with E-state index in [0.717, 1.165) is 0 Å². The van der Waals surface area contributed by atoms with Crippen molar-refractivity contribution in [2.24, 2.45) is 0 Å². The summed E-state index contributed by atoms with van der Waals surface area (Å²) in [5, 5.41) is 0. The molecule has 0 aliphatic carbocycles. The highest BCUT2D eigenvalue weighted by Crippen LogP contribution is 2.45. The number of carbonyl (C=O) groups excluding carboxylic acids is 1. The van der Waals surface area contributed by atoms with Gasteiger partial charge in [0.1, 0.15) is 11.6 Å². The fraction of sp³-hybridized carbons (Fsp3) is 0.708. The molecule has 0 saturated carbocycles. The second kappa shape index (κ2) is 9.70. The van der Waals surface area contributed by atoms with Gasteiger partial charge in [-0.1, -0.05) is 18.2 Å². The van der Waals surface area contributed by atoms with Gasteiger partial charge in [0, 0.05) is 43.0 Å². The van der Waals surface area contributed by atoms with Crippen molar-refractivity contribution in [3.63, 3.8) is 0 Å². The van der Waals surface area contributed by atoms with Gasteiger partial charge in [0.15, 0.2) is 0 Å². The number of amides is 1. The van der Waals surface area contributed by atoms with Crippen LogP contribution in [0.25, 0.3) is 0 Å². The fourth-order valence-corrected chi connectivity index (χ4v) is 4.58. The van der Waals surface area contributed by atoms with Crippen LogP contribution in [0.3, 0.4) is 0 Å². The van der Waals surface area contributed by atoms with E-state index in [2.05, 4.69) is 0 Å². The molecule has 0 aromatic heterocycles. The van der Waals surface area contributed by atoms with Gasteiger partial charge in [-0.15, -0.1) is 0 Å². The van der Waals surface area contributed by atoms with Crippen LogP contribution in [0, 0.1) is 0 Å². The number of carbonyl (C=O) groups is 1. The highest BCUT2D eigenvalue weighted by molar-refractivity contribution is 5.68. The zero-order chi connectivity index (χ0) is 24.4.